The van der Waals surface area contributed by atoms with Gasteiger partial charge in [-0.15, -0.1) is 0 Å². The molecule has 0 bridgehead atoms. The third-order valence-electron chi connectivity index (χ3n) is 3.30. The molecule has 2 rings (SSSR count). The van der Waals surface area contributed by atoms with Crippen LogP contribution in [0.4, 0.5) is 0 Å². The van der Waals surface area contributed by atoms with Gasteiger partial charge in [-0.1, -0.05) is 79.4 Å². The van der Waals surface area contributed by atoms with Crippen molar-refractivity contribution in [2.24, 2.45) is 0 Å². The molecule has 4 heteroatoms. The molecule has 0 unspecified atom stereocenters. The van der Waals surface area contributed by atoms with Crippen LogP contribution in [0.2, 0.25) is 0 Å². The first-order valence-corrected chi connectivity index (χ1v) is 7.99. The lowest BCUT2D eigenvalue weighted by Gasteiger charge is -1.93. The zero-order valence-electron chi connectivity index (χ0n) is 14.6. The van der Waals surface area contributed by atoms with E-state index in [1.54, 1.807) is 19.1 Å². The van der Waals surface area contributed by atoms with Crippen molar-refractivity contribution in [3.05, 3.63) is 95.6 Å². The minimum Gasteiger partial charge on any atom is -0.478 e. The van der Waals surface area contributed by atoms with Gasteiger partial charge in [0, 0.05) is 11.1 Å². The Morgan fingerprint density at radius 3 is 1.85 bits per heavy atom. The molecule has 2 aromatic rings. The smallest absolute Gasteiger partial charge is 0.331 e. The predicted octanol–water partition coefficient (Wildman–Crippen LogP) is 4.91. The highest BCUT2D eigenvalue weighted by atomic mass is 16.4. The number of aliphatic carboxylic acids is 2. The molecule has 0 aliphatic carbocycles. The van der Waals surface area contributed by atoms with Crippen LogP contribution in [-0.2, 0) is 9.59 Å². The van der Waals surface area contributed by atoms with E-state index in [9.17, 15) is 9.59 Å². The fourth-order valence-corrected chi connectivity index (χ4v) is 1.85. The highest BCUT2D eigenvalue weighted by Gasteiger charge is 1.99. The normalized spacial score (nSPS) is 10.7. The van der Waals surface area contributed by atoms with E-state index in [2.05, 4.69) is 6.58 Å². The van der Waals surface area contributed by atoms with Gasteiger partial charge in [-0.3, -0.25) is 0 Å². The molecule has 0 atom stereocenters. The van der Waals surface area contributed by atoms with E-state index in [1.807, 2.05) is 66.7 Å². The minimum atomic E-state index is -0.942. The van der Waals surface area contributed by atoms with Gasteiger partial charge in [-0.05, 0) is 30.5 Å². The molecular formula is C22H22O4. The van der Waals surface area contributed by atoms with Crippen LogP contribution in [0, 0.1) is 0 Å². The van der Waals surface area contributed by atoms with Crippen molar-refractivity contribution in [2.45, 2.75) is 13.3 Å². The largest absolute Gasteiger partial charge is 0.478 e. The summed E-state index contributed by atoms with van der Waals surface area (Å²) in [7, 11) is 0. The van der Waals surface area contributed by atoms with E-state index in [1.165, 1.54) is 0 Å². The van der Waals surface area contributed by atoms with Crippen LogP contribution in [-0.4, -0.2) is 22.2 Å². The SMILES string of the molecule is C=C(CC=Cc1ccccc1)C(=O)O.CC(=Cc1ccccc1)C(=O)O. The van der Waals surface area contributed by atoms with Gasteiger partial charge in [0.2, 0.25) is 0 Å². The summed E-state index contributed by atoms with van der Waals surface area (Å²) in [6, 6.07) is 19.1. The van der Waals surface area contributed by atoms with Gasteiger partial charge in [0.1, 0.15) is 0 Å². The number of carboxylic acid groups (broad SMARTS) is 2. The van der Waals surface area contributed by atoms with Crippen LogP contribution >= 0.6 is 0 Å². The Bertz CT molecular complexity index is 787. The van der Waals surface area contributed by atoms with Crippen LogP contribution in [0.1, 0.15) is 24.5 Å². The standard InChI is InChI=1S/C12H12O2.C10H10O2/c1-10(12(13)14)6-5-9-11-7-3-2-4-8-11;1-8(10(11)12)7-9-5-3-2-4-6-9/h2-5,7-9H,1,6H2,(H,13,14);2-7H,1H3,(H,11,12). The molecule has 134 valence electrons. The van der Waals surface area contributed by atoms with E-state index in [4.69, 9.17) is 10.2 Å². The molecule has 0 fully saturated rings. The summed E-state index contributed by atoms with van der Waals surface area (Å²) < 4.78 is 0. The molecule has 0 spiro atoms. The van der Waals surface area contributed by atoms with Crippen LogP contribution < -0.4 is 0 Å². The van der Waals surface area contributed by atoms with E-state index < -0.39 is 11.9 Å². The monoisotopic (exact) mass is 350 g/mol. The fourth-order valence-electron chi connectivity index (χ4n) is 1.85. The molecule has 2 N–H and O–H groups in total. The lowest BCUT2D eigenvalue weighted by molar-refractivity contribution is -0.133. The van der Waals surface area contributed by atoms with E-state index in [0.717, 1.165) is 11.1 Å². The molecule has 2 aromatic carbocycles. The number of allylic oxidation sites excluding steroid dienone is 1. The molecule has 0 aromatic heterocycles. The second-order valence-electron chi connectivity index (χ2n) is 5.47. The maximum Gasteiger partial charge on any atom is 0.331 e. The molecule has 0 heterocycles. The number of benzene rings is 2. The number of carboxylic acids is 2. The lowest BCUT2D eigenvalue weighted by Crippen LogP contribution is -1.96. The van der Waals surface area contributed by atoms with Crippen molar-refractivity contribution in [1.82, 2.24) is 0 Å². The van der Waals surface area contributed by atoms with Crippen molar-refractivity contribution >= 4 is 24.1 Å². The van der Waals surface area contributed by atoms with Crippen molar-refractivity contribution in [3.8, 4) is 0 Å². The molecule has 0 radical (unpaired) electrons. The topological polar surface area (TPSA) is 74.6 Å². The van der Waals surface area contributed by atoms with Crippen LogP contribution in [0.5, 0.6) is 0 Å². The van der Waals surface area contributed by atoms with Gasteiger partial charge < -0.3 is 10.2 Å². The van der Waals surface area contributed by atoms with Crippen molar-refractivity contribution in [3.63, 3.8) is 0 Å². The Kier molecular flexibility index (Phi) is 8.90. The Morgan fingerprint density at radius 1 is 0.885 bits per heavy atom. The van der Waals surface area contributed by atoms with E-state index in [0.29, 0.717) is 12.0 Å². The average Bonchev–Trinajstić information content (AvgIpc) is 2.63. The van der Waals surface area contributed by atoms with Gasteiger partial charge in [-0.25, -0.2) is 9.59 Å². The third kappa shape index (κ3) is 8.45. The minimum absolute atomic E-state index is 0.206. The second kappa shape index (κ2) is 11.2. The molecule has 0 saturated heterocycles. The summed E-state index contributed by atoms with van der Waals surface area (Å²) in [5.41, 5.74) is 2.53. The predicted molar refractivity (Wildman–Crippen MR) is 105 cm³/mol. The highest BCUT2D eigenvalue weighted by molar-refractivity contribution is 5.91. The lowest BCUT2D eigenvalue weighted by atomic mass is 10.1. The number of hydrogen-bond donors (Lipinski definition) is 2. The number of hydrogen-bond acceptors (Lipinski definition) is 2. The van der Waals surface area contributed by atoms with E-state index in [-0.39, 0.29) is 5.57 Å². The maximum atomic E-state index is 10.4. The van der Waals surface area contributed by atoms with Crippen molar-refractivity contribution < 1.29 is 19.8 Å². The van der Waals surface area contributed by atoms with Crippen molar-refractivity contribution in [1.29, 1.82) is 0 Å². The van der Waals surface area contributed by atoms with Gasteiger partial charge in [0.15, 0.2) is 0 Å². The zero-order chi connectivity index (χ0) is 19.4. The van der Waals surface area contributed by atoms with Crippen molar-refractivity contribution in [2.75, 3.05) is 0 Å². The Hall–Kier alpha value is -3.40. The Labute approximate surface area is 153 Å². The average molecular weight is 350 g/mol. The Balaban J connectivity index is 0.000000263. The molecule has 26 heavy (non-hydrogen) atoms. The Morgan fingerprint density at radius 2 is 1.38 bits per heavy atom. The summed E-state index contributed by atoms with van der Waals surface area (Å²) in [6.07, 6.45) is 5.70. The summed E-state index contributed by atoms with van der Waals surface area (Å²) in [6.45, 7) is 5.01. The quantitative estimate of drug-likeness (QED) is 0.726. The van der Waals surface area contributed by atoms with Crippen LogP contribution in [0.3, 0.4) is 0 Å². The number of rotatable bonds is 6. The van der Waals surface area contributed by atoms with E-state index >= 15 is 0 Å². The summed E-state index contributed by atoms with van der Waals surface area (Å²) >= 11 is 0. The van der Waals surface area contributed by atoms with Crippen LogP contribution in [0.15, 0.2) is 84.5 Å². The van der Waals surface area contributed by atoms with Gasteiger partial charge >= 0.3 is 11.9 Å². The molecule has 0 amide bonds. The summed E-state index contributed by atoms with van der Waals surface area (Å²) in [5.74, 6) is -1.82. The number of carbonyl (C=O) groups is 2. The summed E-state index contributed by atoms with van der Waals surface area (Å²) in [4.78, 5) is 20.8. The van der Waals surface area contributed by atoms with Gasteiger partial charge in [-0.2, -0.15) is 0 Å². The highest BCUT2D eigenvalue weighted by Crippen LogP contribution is 2.06. The third-order valence-corrected chi connectivity index (χ3v) is 3.30. The fraction of sp³-hybridized carbons (Fsp3) is 0.0909. The molecule has 0 aliphatic rings. The molecule has 4 nitrogen and oxygen atoms in total. The maximum absolute atomic E-state index is 10.4. The summed E-state index contributed by atoms with van der Waals surface area (Å²) in [5, 5.41) is 17.1. The second-order valence-corrected chi connectivity index (χ2v) is 5.47. The van der Waals surface area contributed by atoms with Crippen LogP contribution in [0.25, 0.3) is 12.2 Å². The molecule has 0 aliphatic heterocycles. The first kappa shape index (κ1) is 20.6. The molecular weight excluding hydrogens is 328 g/mol. The zero-order valence-corrected chi connectivity index (χ0v) is 14.6. The van der Waals surface area contributed by atoms with Gasteiger partial charge in [0.05, 0.1) is 0 Å². The first-order valence-electron chi connectivity index (χ1n) is 7.99. The van der Waals surface area contributed by atoms with Gasteiger partial charge in [0.25, 0.3) is 0 Å². The first-order chi connectivity index (χ1) is 12.4. The molecule has 0 saturated carbocycles.